The maximum Gasteiger partial charge on any atom is 0.152 e. The van der Waals surface area contributed by atoms with Gasteiger partial charge in [-0.3, -0.25) is 0 Å². The van der Waals surface area contributed by atoms with Crippen LogP contribution in [0.3, 0.4) is 0 Å². The molecule has 18 heavy (non-hydrogen) atoms. The summed E-state index contributed by atoms with van der Waals surface area (Å²) in [4.78, 5) is 0.896. The maximum absolute atomic E-state index is 13.7. The molecular weight excluding hydrogens is 344 g/mol. The zero-order valence-electron chi connectivity index (χ0n) is 9.36. The zero-order chi connectivity index (χ0) is 13.3. The van der Waals surface area contributed by atoms with Crippen LogP contribution in [0.5, 0.6) is 0 Å². The highest BCUT2D eigenvalue weighted by atomic mass is 79.9. The van der Waals surface area contributed by atoms with Crippen molar-refractivity contribution in [1.82, 2.24) is 0 Å². The molecule has 1 N–H and O–H groups in total. The van der Waals surface area contributed by atoms with Gasteiger partial charge in [0, 0.05) is 15.9 Å². The van der Waals surface area contributed by atoms with Crippen LogP contribution in [0.15, 0.2) is 22.7 Å². The van der Waals surface area contributed by atoms with E-state index in [1.807, 2.05) is 6.07 Å². The van der Waals surface area contributed by atoms with Crippen LogP contribution in [0.1, 0.15) is 10.4 Å². The Labute approximate surface area is 121 Å². The smallest absolute Gasteiger partial charge is 0.152 e. The van der Waals surface area contributed by atoms with Crippen molar-refractivity contribution in [2.45, 2.75) is 13.5 Å². The highest BCUT2D eigenvalue weighted by Gasteiger charge is 2.12. The highest BCUT2D eigenvalue weighted by molar-refractivity contribution is 9.10. The summed E-state index contributed by atoms with van der Waals surface area (Å²) in [7, 11) is 0. The number of rotatable bonds is 3. The molecule has 0 fully saturated rings. The fourth-order valence-electron chi connectivity index (χ4n) is 1.47. The van der Waals surface area contributed by atoms with E-state index in [0.29, 0.717) is 16.4 Å². The van der Waals surface area contributed by atoms with Gasteiger partial charge in [0.1, 0.15) is 15.8 Å². The third-order valence-electron chi connectivity index (χ3n) is 2.42. The molecule has 1 heterocycles. The maximum atomic E-state index is 13.7. The first kappa shape index (κ1) is 13.8. The Hall–Kier alpha value is -0.650. The Bertz CT molecular complexity index is 566. The number of thiophene rings is 1. The summed E-state index contributed by atoms with van der Waals surface area (Å²) >= 11 is 10.5. The van der Waals surface area contributed by atoms with Crippen molar-refractivity contribution in [2.24, 2.45) is 0 Å². The van der Waals surface area contributed by atoms with Gasteiger partial charge >= 0.3 is 0 Å². The van der Waals surface area contributed by atoms with E-state index in [2.05, 4.69) is 21.2 Å². The second-order valence-corrected chi connectivity index (χ2v) is 6.33. The van der Waals surface area contributed by atoms with Gasteiger partial charge in [-0.15, -0.1) is 11.3 Å². The van der Waals surface area contributed by atoms with Crippen LogP contribution in [0, 0.1) is 18.6 Å². The van der Waals surface area contributed by atoms with Crippen LogP contribution in [0.4, 0.5) is 14.5 Å². The van der Waals surface area contributed by atoms with Crippen molar-refractivity contribution in [2.75, 3.05) is 5.32 Å². The second-order valence-electron chi connectivity index (χ2n) is 3.74. The van der Waals surface area contributed by atoms with E-state index in [9.17, 15) is 8.78 Å². The van der Waals surface area contributed by atoms with Gasteiger partial charge in [-0.2, -0.15) is 0 Å². The van der Waals surface area contributed by atoms with Gasteiger partial charge in [-0.25, -0.2) is 8.78 Å². The van der Waals surface area contributed by atoms with Crippen LogP contribution >= 0.6 is 38.9 Å². The number of nitrogens with one attached hydrogen (secondary N) is 1. The van der Waals surface area contributed by atoms with E-state index in [4.69, 9.17) is 11.6 Å². The summed E-state index contributed by atoms with van der Waals surface area (Å²) in [6, 6.07) is 4.48. The average molecular weight is 353 g/mol. The Morgan fingerprint density at radius 2 is 2.11 bits per heavy atom. The van der Waals surface area contributed by atoms with E-state index in [1.54, 1.807) is 6.92 Å². The molecule has 2 rings (SSSR count). The van der Waals surface area contributed by atoms with Crippen molar-refractivity contribution in [3.8, 4) is 0 Å². The van der Waals surface area contributed by atoms with Gasteiger partial charge in [0.25, 0.3) is 0 Å². The van der Waals surface area contributed by atoms with Crippen molar-refractivity contribution >= 4 is 44.6 Å². The molecule has 0 radical (unpaired) electrons. The number of hydrogen-bond acceptors (Lipinski definition) is 2. The van der Waals surface area contributed by atoms with E-state index in [0.717, 1.165) is 9.35 Å². The standard InChI is InChI=1S/C12H9BrClF2NS/c1-6-2-3-9(15)11(10(6)16)17-5-7-4-8(13)12(14)18-7/h2-4,17H,5H2,1H3. The lowest BCUT2D eigenvalue weighted by Gasteiger charge is -2.09. The summed E-state index contributed by atoms with van der Waals surface area (Å²) in [6.07, 6.45) is 0. The summed E-state index contributed by atoms with van der Waals surface area (Å²) in [5.74, 6) is -1.16. The molecule has 6 heteroatoms. The zero-order valence-corrected chi connectivity index (χ0v) is 12.5. The lowest BCUT2D eigenvalue weighted by Crippen LogP contribution is -2.03. The predicted octanol–water partition coefficient (Wildman–Crippen LogP) is 5.36. The van der Waals surface area contributed by atoms with E-state index >= 15 is 0 Å². The highest BCUT2D eigenvalue weighted by Crippen LogP contribution is 2.32. The normalized spacial score (nSPS) is 10.7. The SMILES string of the molecule is Cc1ccc(F)c(NCc2cc(Br)c(Cl)s2)c1F. The minimum absolute atomic E-state index is 0.101. The first-order chi connectivity index (χ1) is 8.49. The number of aryl methyl sites for hydroxylation is 1. The van der Waals surface area contributed by atoms with Gasteiger partial charge in [0.05, 0.1) is 0 Å². The predicted molar refractivity (Wildman–Crippen MR) is 75.5 cm³/mol. The third kappa shape index (κ3) is 2.84. The molecule has 0 aliphatic carbocycles. The minimum atomic E-state index is -0.597. The van der Waals surface area contributed by atoms with Gasteiger partial charge < -0.3 is 5.32 Å². The first-order valence-electron chi connectivity index (χ1n) is 5.11. The topological polar surface area (TPSA) is 12.0 Å². The van der Waals surface area contributed by atoms with Crippen LogP contribution in [0.25, 0.3) is 0 Å². The molecule has 1 nitrogen and oxygen atoms in total. The number of benzene rings is 1. The molecule has 1 aromatic carbocycles. The van der Waals surface area contributed by atoms with Gasteiger partial charge in [0.2, 0.25) is 0 Å². The van der Waals surface area contributed by atoms with E-state index in [-0.39, 0.29) is 5.69 Å². The molecule has 0 aliphatic heterocycles. The Morgan fingerprint density at radius 3 is 2.72 bits per heavy atom. The molecule has 0 saturated heterocycles. The Morgan fingerprint density at radius 1 is 1.39 bits per heavy atom. The molecule has 0 bridgehead atoms. The van der Waals surface area contributed by atoms with E-state index in [1.165, 1.54) is 23.5 Å². The molecule has 0 amide bonds. The quantitative estimate of drug-likeness (QED) is 0.784. The van der Waals surface area contributed by atoms with Crippen molar-refractivity contribution in [3.05, 3.63) is 49.1 Å². The summed E-state index contributed by atoms with van der Waals surface area (Å²) in [6.45, 7) is 1.92. The summed E-state index contributed by atoms with van der Waals surface area (Å²) in [5.41, 5.74) is 0.305. The molecular formula is C12H9BrClF2NS. The monoisotopic (exact) mass is 351 g/mol. The molecule has 0 spiro atoms. The van der Waals surface area contributed by atoms with Gasteiger partial charge in [-0.05, 0) is 40.5 Å². The average Bonchev–Trinajstić information content (AvgIpc) is 2.64. The van der Waals surface area contributed by atoms with Crippen LogP contribution in [-0.2, 0) is 6.54 Å². The van der Waals surface area contributed by atoms with Crippen LogP contribution in [-0.4, -0.2) is 0 Å². The minimum Gasteiger partial charge on any atom is -0.375 e. The lowest BCUT2D eigenvalue weighted by molar-refractivity contribution is 0.582. The molecule has 1 aromatic heterocycles. The van der Waals surface area contributed by atoms with Gasteiger partial charge in [-0.1, -0.05) is 17.7 Å². The third-order valence-corrected chi connectivity index (χ3v) is 4.89. The van der Waals surface area contributed by atoms with Gasteiger partial charge in [0.15, 0.2) is 5.82 Å². The molecule has 0 aliphatic rings. The Kier molecular flexibility index (Phi) is 4.25. The van der Waals surface area contributed by atoms with Crippen LogP contribution < -0.4 is 5.32 Å². The second kappa shape index (κ2) is 5.55. The Balaban J connectivity index is 2.18. The fraction of sp³-hybridized carbons (Fsp3) is 0.167. The van der Waals surface area contributed by atoms with Crippen LogP contribution in [0.2, 0.25) is 4.34 Å². The number of halogens is 4. The molecule has 0 saturated carbocycles. The lowest BCUT2D eigenvalue weighted by atomic mass is 10.2. The largest absolute Gasteiger partial charge is 0.375 e. The molecule has 2 aromatic rings. The molecule has 96 valence electrons. The molecule has 0 atom stereocenters. The molecule has 0 unspecified atom stereocenters. The van der Waals surface area contributed by atoms with Crippen molar-refractivity contribution in [3.63, 3.8) is 0 Å². The van der Waals surface area contributed by atoms with Crippen molar-refractivity contribution < 1.29 is 8.78 Å². The fourth-order valence-corrected chi connectivity index (χ4v) is 3.20. The number of anilines is 1. The summed E-state index contributed by atoms with van der Waals surface area (Å²) < 4.78 is 28.6. The first-order valence-corrected chi connectivity index (χ1v) is 7.10. The summed E-state index contributed by atoms with van der Waals surface area (Å²) in [5, 5.41) is 2.76. The van der Waals surface area contributed by atoms with E-state index < -0.39 is 11.6 Å². The number of hydrogen-bond donors (Lipinski definition) is 1. The van der Waals surface area contributed by atoms with Crippen molar-refractivity contribution in [1.29, 1.82) is 0 Å².